The minimum Gasteiger partial charge on any atom is -0.479 e. The Kier molecular flexibility index (Phi) is 4.74. The van der Waals surface area contributed by atoms with E-state index in [9.17, 15) is 14.7 Å². The fraction of sp³-hybridized carbons (Fsp3) is 0.125. The van der Waals surface area contributed by atoms with Crippen LogP contribution in [0.3, 0.4) is 0 Å². The standard InChI is InChI=1S/C16H13Cl2NO3/c1-16(15(21)22,11-5-3-2-4-6-11)19-14(20)10-7-12(17)9-13(18)8-10/h2-9H,1H3,(H,19,20)(H,21,22). The Labute approximate surface area is 137 Å². The number of rotatable bonds is 4. The monoisotopic (exact) mass is 337 g/mol. The van der Waals surface area contributed by atoms with Crippen LogP contribution in [0.2, 0.25) is 10.0 Å². The van der Waals surface area contributed by atoms with Crippen LogP contribution in [0.1, 0.15) is 22.8 Å². The predicted octanol–water partition coefficient (Wildman–Crippen LogP) is 3.72. The number of carbonyl (C=O) groups is 2. The molecule has 2 aromatic carbocycles. The third-order valence-electron chi connectivity index (χ3n) is 3.27. The van der Waals surface area contributed by atoms with Crippen LogP contribution in [0.15, 0.2) is 48.5 Å². The molecule has 2 aromatic rings. The maximum atomic E-state index is 12.4. The van der Waals surface area contributed by atoms with E-state index in [0.717, 1.165) is 0 Å². The molecule has 4 nitrogen and oxygen atoms in total. The highest BCUT2D eigenvalue weighted by Crippen LogP contribution is 2.23. The van der Waals surface area contributed by atoms with Gasteiger partial charge in [-0.2, -0.15) is 0 Å². The van der Waals surface area contributed by atoms with Crippen LogP contribution in [0.25, 0.3) is 0 Å². The highest BCUT2D eigenvalue weighted by Gasteiger charge is 2.37. The van der Waals surface area contributed by atoms with Crippen LogP contribution in [0, 0.1) is 0 Å². The molecule has 2 N–H and O–H groups in total. The first-order valence-electron chi connectivity index (χ1n) is 6.40. The van der Waals surface area contributed by atoms with Crippen LogP contribution in [-0.2, 0) is 10.3 Å². The number of halogens is 2. The summed E-state index contributed by atoms with van der Waals surface area (Å²) in [5, 5.41) is 12.6. The molecule has 0 aliphatic rings. The topological polar surface area (TPSA) is 66.4 Å². The lowest BCUT2D eigenvalue weighted by Gasteiger charge is -2.27. The number of hydrogen-bond donors (Lipinski definition) is 2. The van der Waals surface area contributed by atoms with Crippen LogP contribution in [0.5, 0.6) is 0 Å². The number of aliphatic carboxylic acids is 1. The Balaban J connectivity index is 2.36. The lowest BCUT2D eigenvalue weighted by Crippen LogP contribution is -2.49. The lowest BCUT2D eigenvalue weighted by molar-refractivity contribution is -0.144. The Bertz CT molecular complexity index is 698. The summed E-state index contributed by atoms with van der Waals surface area (Å²) >= 11 is 11.7. The van der Waals surface area contributed by atoms with Gasteiger partial charge in [0.2, 0.25) is 0 Å². The van der Waals surface area contributed by atoms with Crippen molar-refractivity contribution in [2.24, 2.45) is 0 Å². The van der Waals surface area contributed by atoms with Crippen LogP contribution in [-0.4, -0.2) is 17.0 Å². The molecule has 0 aliphatic heterocycles. The average molecular weight is 338 g/mol. The van der Waals surface area contributed by atoms with Crippen molar-refractivity contribution in [2.45, 2.75) is 12.5 Å². The van der Waals surface area contributed by atoms with Gasteiger partial charge in [0.05, 0.1) is 0 Å². The number of hydrogen-bond acceptors (Lipinski definition) is 2. The van der Waals surface area contributed by atoms with Crippen molar-refractivity contribution in [3.63, 3.8) is 0 Å². The van der Waals surface area contributed by atoms with Crippen molar-refractivity contribution < 1.29 is 14.7 Å². The summed E-state index contributed by atoms with van der Waals surface area (Å²) in [4.78, 5) is 24.0. The molecular weight excluding hydrogens is 325 g/mol. The number of carboxylic acids is 1. The molecule has 1 amide bonds. The van der Waals surface area contributed by atoms with Crippen molar-refractivity contribution in [3.05, 3.63) is 69.7 Å². The molecule has 114 valence electrons. The van der Waals surface area contributed by atoms with E-state index < -0.39 is 17.4 Å². The summed E-state index contributed by atoms with van der Waals surface area (Å²) in [6.07, 6.45) is 0. The molecule has 0 spiro atoms. The van der Waals surface area contributed by atoms with E-state index in [0.29, 0.717) is 15.6 Å². The van der Waals surface area contributed by atoms with Crippen LogP contribution >= 0.6 is 23.2 Å². The Morgan fingerprint density at radius 1 is 1.05 bits per heavy atom. The zero-order valence-corrected chi connectivity index (χ0v) is 13.2. The first-order chi connectivity index (χ1) is 10.3. The minimum absolute atomic E-state index is 0.195. The largest absolute Gasteiger partial charge is 0.479 e. The highest BCUT2D eigenvalue weighted by molar-refractivity contribution is 6.35. The van der Waals surface area contributed by atoms with Gasteiger partial charge in [-0.15, -0.1) is 0 Å². The molecule has 0 radical (unpaired) electrons. The molecule has 22 heavy (non-hydrogen) atoms. The van der Waals surface area contributed by atoms with Crippen molar-refractivity contribution in [1.82, 2.24) is 5.32 Å². The molecule has 0 bridgehead atoms. The molecule has 0 aromatic heterocycles. The normalized spacial score (nSPS) is 13.2. The first kappa shape index (κ1) is 16.3. The summed E-state index contributed by atoms with van der Waals surface area (Å²) in [5.41, 5.74) is -0.905. The van der Waals surface area contributed by atoms with Gasteiger partial charge in [-0.1, -0.05) is 53.5 Å². The average Bonchev–Trinajstić information content (AvgIpc) is 2.46. The van der Waals surface area contributed by atoms with Crippen LogP contribution < -0.4 is 5.32 Å². The maximum Gasteiger partial charge on any atom is 0.333 e. The number of carboxylic acid groups (broad SMARTS) is 1. The molecule has 0 saturated carbocycles. The van der Waals surface area contributed by atoms with Gasteiger partial charge in [0.15, 0.2) is 5.54 Å². The van der Waals surface area contributed by atoms with E-state index in [-0.39, 0.29) is 5.56 Å². The first-order valence-corrected chi connectivity index (χ1v) is 7.16. The Hall–Kier alpha value is -2.04. The maximum absolute atomic E-state index is 12.4. The second-order valence-corrected chi connectivity index (χ2v) is 5.78. The molecule has 0 fully saturated rings. The summed E-state index contributed by atoms with van der Waals surface area (Å²) < 4.78 is 0. The van der Waals surface area contributed by atoms with Crippen molar-refractivity contribution in [1.29, 1.82) is 0 Å². The van der Waals surface area contributed by atoms with Gasteiger partial charge in [0.1, 0.15) is 0 Å². The second kappa shape index (κ2) is 6.38. The third-order valence-corrected chi connectivity index (χ3v) is 3.70. The Morgan fingerprint density at radius 2 is 1.59 bits per heavy atom. The van der Waals surface area contributed by atoms with E-state index in [2.05, 4.69) is 5.32 Å². The number of nitrogens with one attached hydrogen (secondary N) is 1. The second-order valence-electron chi connectivity index (χ2n) is 4.91. The number of amides is 1. The molecule has 0 heterocycles. The van der Waals surface area contributed by atoms with E-state index in [1.165, 1.54) is 25.1 Å². The van der Waals surface area contributed by atoms with Gasteiger partial charge in [0.25, 0.3) is 5.91 Å². The smallest absolute Gasteiger partial charge is 0.333 e. The van der Waals surface area contributed by atoms with Crippen molar-refractivity contribution in [3.8, 4) is 0 Å². The summed E-state index contributed by atoms with van der Waals surface area (Å²) in [5.74, 6) is -1.74. The predicted molar refractivity (Wildman–Crippen MR) is 85.4 cm³/mol. The van der Waals surface area contributed by atoms with E-state index in [1.807, 2.05) is 0 Å². The van der Waals surface area contributed by atoms with Gasteiger partial charge >= 0.3 is 5.97 Å². The molecule has 0 saturated heterocycles. The fourth-order valence-electron chi connectivity index (χ4n) is 2.00. The molecule has 1 atom stereocenters. The zero-order chi connectivity index (χ0) is 16.3. The van der Waals surface area contributed by atoms with Crippen molar-refractivity contribution in [2.75, 3.05) is 0 Å². The minimum atomic E-state index is -1.56. The number of carbonyl (C=O) groups excluding carboxylic acids is 1. The van der Waals surface area contributed by atoms with Crippen molar-refractivity contribution >= 4 is 35.1 Å². The van der Waals surface area contributed by atoms with E-state index >= 15 is 0 Å². The van der Waals surface area contributed by atoms with Gasteiger partial charge in [-0.3, -0.25) is 4.79 Å². The lowest BCUT2D eigenvalue weighted by atomic mass is 9.91. The van der Waals surface area contributed by atoms with Gasteiger partial charge in [0, 0.05) is 15.6 Å². The van der Waals surface area contributed by atoms with E-state index in [4.69, 9.17) is 23.2 Å². The molecular formula is C16H13Cl2NO3. The summed E-state index contributed by atoms with van der Waals surface area (Å²) in [6, 6.07) is 12.8. The molecule has 0 aliphatic carbocycles. The van der Waals surface area contributed by atoms with E-state index in [1.54, 1.807) is 30.3 Å². The SMILES string of the molecule is CC(NC(=O)c1cc(Cl)cc(Cl)c1)(C(=O)O)c1ccccc1. The highest BCUT2D eigenvalue weighted by atomic mass is 35.5. The quantitative estimate of drug-likeness (QED) is 0.893. The third kappa shape index (κ3) is 3.40. The van der Waals surface area contributed by atoms with Gasteiger partial charge in [-0.25, -0.2) is 4.79 Å². The molecule has 2 rings (SSSR count). The zero-order valence-electron chi connectivity index (χ0n) is 11.6. The van der Waals surface area contributed by atoms with Gasteiger partial charge in [-0.05, 0) is 30.7 Å². The summed E-state index contributed by atoms with van der Waals surface area (Å²) in [7, 11) is 0. The van der Waals surface area contributed by atoms with Gasteiger partial charge < -0.3 is 10.4 Å². The fourth-order valence-corrected chi connectivity index (χ4v) is 2.53. The molecule has 1 unspecified atom stereocenters. The summed E-state index contributed by atoms with van der Waals surface area (Å²) in [6.45, 7) is 1.43. The van der Waals surface area contributed by atoms with Crippen LogP contribution in [0.4, 0.5) is 0 Å². The Morgan fingerprint density at radius 3 is 2.09 bits per heavy atom. The number of benzene rings is 2. The molecule has 6 heteroatoms.